The molecule has 0 radical (unpaired) electrons. The quantitative estimate of drug-likeness (QED) is 0.196. The van der Waals surface area contributed by atoms with Gasteiger partial charge in [-0.15, -0.1) is 0 Å². The lowest BCUT2D eigenvalue weighted by molar-refractivity contribution is -0.384. The van der Waals surface area contributed by atoms with Crippen LogP contribution in [0.25, 0.3) is 6.08 Å². The molecule has 1 heterocycles. The van der Waals surface area contributed by atoms with Crippen LogP contribution in [0.3, 0.4) is 0 Å². The van der Waals surface area contributed by atoms with Crippen molar-refractivity contribution in [1.82, 2.24) is 5.32 Å². The van der Waals surface area contributed by atoms with Crippen LogP contribution in [0.1, 0.15) is 29.2 Å². The molecule has 0 aliphatic carbocycles. The summed E-state index contributed by atoms with van der Waals surface area (Å²) in [5.74, 6) is -0.726. The van der Waals surface area contributed by atoms with Crippen molar-refractivity contribution < 1.29 is 28.8 Å². The van der Waals surface area contributed by atoms with E-state index in [2.05, 4.69) is 5.32 Å². The molecule has 0 bridgehead atoms. The highest BCUT2D eigenvalue weighted by molar-refractivity contribution is 6.39. The summed E-state index contributed by atoms with van der Waals surface area (Å²) in [6.45, 7) is 5.90. The van der Waals surface area contributed by atoms with E-state index >= 15 is 0 Å². The minimum atomic E-state index is -0.809. The van der Waals surface area contributed by atoms with Gasteiger partial charge in [0.05, 0.1) is 17.2 Å². The number of aryl methyl sites for hydroxylation is 2. The molecule has 1 saturated heterocycles. The van der Waals surface area contributed by atoms with E-state index in [1.165, 1.54) is 18.2 Å². The zero-order valence-corrected chi connectivity index (χ0v) is 21.0. The number of hydrogen-bond donors (Lipinski definition) is 1. The highest BCUT2D eigenvalue weighted by Gasteiger charge is 2.37. The molecule has 0 aromatic heterocycles. The smallest absolute Gasteiger partial charge is 0.335 e. The fourth-order valence-corrected chi connectivity index (χ4v) is 3.88. The molecule has 194 valence electrons. The van der Waals surface area contributed by atoms with E-state index in [4.69, 9.17) is 9.47 Å². The Morgan fingerprint density at radius 1 is 0.947 bits per heavy atom. The number of rotatable bonds is 8. The van der Waals surface area contributed by atoms with E-state index in [1.807, 2.05) is 13.0 Å². The number of nitrogens with zero attached hydrogens (tertiary/aromatic N) is 2. The maximum absolute atomic E-state index is 13.3. The number of hydrogen-bond acceptors (Lipinski definition) is 7. The van der Waals surface area contributed by atoms with E-state index in [0.717, 1.165) is 16.0 Å². The molecule has 1 N–H and O–H groups in total. The van der Waals surface area contributed by atoms with Crippen LogP contribution in [0.15, 0.2) is 66.2 Å². The Morgan fingerprint density at radius 3 is 2.37 bits per heavy atom. The van der Waals surface area contributed by atoms with Crippen molar-refractivity contribution in [1.29, 1.82) is 0 Å². The first-order chi connectivity index (χ1) is 18.2. The monoisotopic (exact) mass is 515 g/mol. The van der Waals surface area contributed by atoms with Gasteiger partial charge < -0.3 is 9.47 Å². The molecule has 4 amide bonds. The Bertz CT molecular complexity index is 1460. The second-order valence-corrected chi connectivity index (χ2v) is 8.60. The fraction of sp³-hybridized carbons (Fsp3) is 0.179. The van der Waals surface area contributed by atoms with Gasteiger partial charge in [0, 0.05) is 12.1 Å². The number of barbiturate groups is 1. The zero-order chi connectivity index (χ0) is 27.4. The third-order valence-corrected chi connectivity index (χ3v) is 5.83. The lowest BCUT2D eigenvalue weighted by Crippen LogP contribution is -2.54. The Balaban J connectivity index is 1.60. The summed E-state index contributed by atoms with van der Waals surface area (Å²) >= 11 is 0. The maximum atomic E-state index is 13.3. The second kappa shape index (κ2) is 11.0. The third-order valence-electron chi connectivity index (χ3n) is 5.83. The summed E-state index contributed by atoms with van der Waals surface area (Å²) < 4.78 is 11.6. The summed E-state index contributed by atoms with van der Waals surface area (Å²) in [7, 11) is 0. The Labute approximate surface area is 218 Å². The van der Waals surface area contributed by atoms with Crippen LogP contribution in [-0.2, 0) is 16.2 Å². The Kier molecular flexibility index (Phi) is 7.52. The SMILES string of the molecule is CCOc1cc(/C=C2\C(=O)NC(=O)N(c3cc(C)ccc3C)C2=O)ccc1OCc1ccc([N+](=O)[O-])cc1. The molecule has 1 aliphatic heterocycles. The number of non-ortho nitro benzene ring substituents is 1. The molecule has 38 heavy (non-hydrogen) atoms. The number of carbonyl (C=O) groups excluding carboxylic acids is 3. The largest absolute Gasteiger partial charge is 0.490 e. The number of amides is 4. The maximum Gasteiger partial charge on any atom is 0.335 e. The molecule has 3 aromatic carbocycles. The van der Waals surface area contributed by atoms with Crippen molar-refractivity contribution in [2.75, 3.05) is 11.5 Å². The van der Waals surface area contributed by atoms with Gasteiger partial charge >= 0.3 is 6.03 Å². The number of nitrogens with one attached hydrogen (secondary N) is 1. The number of ether oxygens (including phenoxy) is 2. The van der Waals surface area contributed by atoms with Gasteiger partial charge in [-0.25, -0.2) is 9.69 Å². The fourth-order valence-electron chi connectivity index (χ4n) is 3.88. The van der Waals surface area contributed by atoms with Gasteiger partial charge in [-0.3, -0.25) is 25.0 Å². The van der Waals surface area contributed by atoms with Crippen LogP contribution < -0.4 is 19.7 Å². The van der Waals surface area contributed by atoms with Gasteiger partial charge in [-0.2, -0.15) is 0 Å². The average Bonchev–Trinajstić information content (AvgIpc) is 2.88. The molecule has 1 aliphatic rings. The summed E-state index contributed by atoms with van der Waals surface area (Å²) in [5.41, 5.74) is 2.97. The highest BCUT2D eigenvalue weighted by atomic mass is 16.6. The topological polar surface area (TPSA) is 128 Å². The van der Waals surface area contributed by atoms with Crippen LogP contribution >= 0.6 is 0 Å². The molecule has 0 unspecified atom stereocenters. The number of benzene rings is 3. The number of nitro groups is 1. The van der Waals surface area contributed by atoms with Crippen LogP contribution in [-0.4, -0.2) is 29.4 Å². The molecule has 4 rings (SSSR count). The van der Waals surface area contributed by atoms with E-state index in [9.17, 15) is 24.5 Å². The molecule has 10 nitrogen and oxygen atoms in total. The molecule has 3 aromatic rings. The second-order valence-electron chi connectivity index (χ2n) is 8.60. The molecular formula is C28H25N3O7. The van der Waals surface area contributed by atoms with Crippen molar-refractivity contribution in [3.05, 3.63) is 98.6 Å². The lowest BCUT2D eigenvalue weighted by atomic mass is 10.0. The average molecular weight is 516 g/mol. The van der Waals surface area contributed by atoms with Crippen molar-refractivity contribution in [3.63, 3.8) is 0 Å². The van der Waals surface area contributed by atoms with Crippen LogP contribution in [0, 0.1) is 24.0 Å². The normalized spacial score (nSPS) is 14.4. The first-order valence-electron chi connectivity index (χ1n) is 11.8. The third kappa shape index (κ3) is 5.54. The van der Waals surface area contributed by atoms with Crippen LogP contribution in [0.4, 0.5) is 16.2 Å². The molecule has 10 heteroatoms. The molecule has 0 saturated carbocycles. The summed E-state index contributed by atoms with van der Waals surface area (Å²) in [5, 5.41) is 13.1. The molecule has 0 atom stereocenters. The Hall–Kier alpha value is -4.99. The van der Waals surface area contributed by atoms with Gasteiger partial charge in [0.15, 0.2) is 11.5 Å². The summed E-state index contributed by atoms with van der Waals surface area (Å²) in [6.07, 6.45) is 1.39. The van der Waals surface area contributed by atoms with Crippen molar-refractivity contribution in [2.45, 2.75) is 27.4 Å². The highest BCUT2D eigenvalue weighted by Crippen LogP contribution is 2.31. The summed E-state index contributed by atoms with van der Waals surface area (Å²) in [6, 6.07) is 15.5. The van der Waals surface area contributed by atoms with Gasteiger partial charge in [0.1, 0.15) is 12.2 Å². The standard InChI is InChI=1S/C28H25N3O7/c1-4-37-25-15-20(9-12-24(25)38-16-19-7-10-21(11-8-19)31(35)36)14-22-26(32)29-28(34)30(27(22)33)23-13-17(2)5-6-18(23)3/h5-15H,4,16H2,1-3H3,(H,29,32,34)/b22-14+. The lowest BCUT2D eigenvalue weighted by Gasteiger charge is -2.27. The van der Waals surface area contributed by atoms with Crippen molar-refractivity contribution in [3.8, 4) is 11.5 Å². The van der Waals surface area contributed by atoms with Gasteiger partial charge in [0.25, 0.3) is 17.5 Å². The predicted octanol–water partition coefficient (Wildman–Crippen LogP) is 4.86. The minimum Gasteiger partial charge on any atom is -0.490 e. The molecular weight excluding hydrogens is 490 g/mol. The van der Waals surface area contributed by atoms with E-state index in [1.54, 1.807) is 56.3 Å². The number of imide groups is 2. The van der Waals surface area contributed by atoms with Crippen LogP contribution in [0.2, 0.25) is 0 Å². The van der Waals surface area contributed by atoms with Gasteiger partial charge in [-0.05, 0) is 79.4 Å². The predicted molar refractivity (Wildman–Crippen MR) is 140 cm³/mol. The number of nitro benzene ring substituents is 1. The van der Waals surface area contributed by atoms with E-state index < -0.39 is 22.8 Å². The first kappa shape index (κ1) is 26.1. The first-order valence-corrected chi connectivity index (χ1v) is 11.8. The molecule has 1 fully saturated rings. The van der Waals surface area contributed by atoms with Gasteiger partial charge in [-0.1, -0.05) is 18.2 Å². The van der Waals surface area contributed by atoms with E-state index in [0.29, 0.717) is 34.9 Å². The number of urea groups is 1. The van der Waals surface area contributed by atoms with Gasteiger partial charge in [0.2, 0.25) is 0 Å². The van der Waals surface area contributed by atoms with E-state index in [-0.39, 0.29) is 17.9 Å². The van der Waals surface area contributed by atoms with Crippen molar-refractivity contribution >= 4 is 35.3 Å². The van der Waals surface area contributed by atoms with Crippen LogP contribution in [0.5, 0.6) is 11.5 Å². The zero-order valence-electron chi connectivity index (χ0n) is 21.0. The Morgan fingerprint density at radius 2 is 1.68 bits per heavy atom. The summed E-state index contributed by atoms with van der Waals surface area (Å²) in [4.78, 5) is 49.8. The number of carbonyl (C=O) groups is 3. The minimum absolute atomic E-state index is 0.0136. The number of anilines is 1. The molecule has 0 spiro atoms. The van der Waals surface area contributed by atoms with Crippen molar-refractivity contribution in [2.24, 2.45) is 0 Å².